The average Bonchev–Trinajstić information content (AvgIpc) is 2.65. The van der Waals surface area contributed by atoms with Gasteiger partial charge in [-0.2, -0.15) is 4.31 Å². The van der Waals surface area contributed by atoms with Gasteiger partial charge in [-0.15, -0.1) is 0 Å². The number of sulfonamides is 1. The molecule has 0 unspecified atom stereocenters. The third-order valence-electron chi connectivity index (χ3n) is 5.32. The molecule has 1 fully saturated rings. The Bertz CT molecular complexity index is 833. The van der Waals surface area contributed by atoms with E-state index in [1.165, 1.54) is 11.4 Å². The summed E-state index contributed by atoms with van der Waals surface area (Å²) >= 11 is 0. The molecule has 0 saturated carbocycles. The molecule has 28 heavy (non-hydrogen) atoms. The highest BCUT2D eigenvalue weighted by Gasteiger charge is 2.32. The molecule has 1 aromatic rings. The fourth-order valence-electron chi connectivity index (χ4n) is 3.35. The number of piperazine rings is 1. The molecule has 0 radical (unpaired) electrons. The van der Waals surface area contributed by atoms with Gasteiger partial charge < -0.3 is 10.6 Å². The minimum atomic E-state index is -3.59. The van der Waals surface area contributed by atoms with E-state index in [2.05, 4.69) is 10.6 Å². The Balaban J connectivity index is 2.03. The van der Waals surface area contributed by atoms with Crippen molar-refractivity contribution in [3.05, 3.63) is 28.3 Å². The second-order valence-electron chi connectivity index (χ2n) is 7.22. The van der Waals surface area contributed by atoms with E-state index in [1.54, 1.807) is 0 Å². The van der Waals surface area contributed by atoms with Crippen molar-refractivity contribution in [2.45, 2.75) is 32.6 Å². The molecule has 0 bridgehead atoms. The molecule has 0 atom stereocenters. The van der Waals surface area contributed by atoms with Crippen LogP contribution in [0, 0.1) is 27.7 Å². The smallest absolute Gasteiger partial charge is 0.243 e. The Morgan fingerprint density at radius 1 is 0.964 bits per heavy atom. The molecule has 2 N–H and O–H groups in total. The highest BCUT2D eigenvalue weighted by atomic mass is 32.2. The van der Waals surface area contributed by atoms with E-state index >= 15 is 0 Å². The highest BCUT2D eigenvalue weighted by molar-refractivity contribution is 7.89. The van der Waals surface area contributed by atoms with Crippen LogP contribution in [0.2, 0.25) is 0 Å². The summed E-state index contributed by atoms with van der Waals surface area (Å²) in [6, 6.07) is 2.01. The Morgan fingerprint density at radius 3 is 2.00 bits per heavy atom. The molecular formula is C19H30N4O4S. The van der Waals surface area contributed by atoms with Crippen molar-refractivity contribution in [2.24, 2.45) is 0 Å². The summed E-state index contributed by atoms with van der Waals surface area (Å²) in [6.07, 6.45) is 0. The molecule has 1 aliphatic rings. The third kappa shape index (κ3) is 4.89. The van der Waals surface area contributed by atoms with Crippen molar-refractivity contribution in [2.75, 3.05) is 46.3 Å². The summed E-state index contributed by atoms with van der Waals surface area (Å²) in [5.41, 5.74) is 3.51. The van der Waals surface area contributed by atoms with E-state index in [4.69, 9.17) is 0 Å². The van der Waals surface area contributed by atoms with Crippen LogP contribution >= 0.6 is 0 Å². The molecule has 9 heteroatoms. The number of amides is 2. The second-order valence-corrected chi connectivity index (χ2v) is 9.09. The van der Waals surface area contributed by atoms with Crippen molar-refractivity contribution in [3.63, 3.8) is 0 Å². The van der Waals surface area contributed by atoms with Gasteiger partial charge in [0.25, 0.3) is 0 Å². The van der Waals surface area contributed by atoms with Crippen LogP contribution in [0.3, 0.4) is 0 Å². The molecule has 0 aromatic heterocycles. The largest absolute Gasteiger partial charge is 0.358 e. The van der Waals surface area contributed by atoms with E-state index in [0.717, 1.165) is 22.3 Å². The van der Waals surface area contributed by atoms with Crippen LogP contribution < -0.4 is 10.6 Å². The van der Waals surface area contributed by atoms with E-state index in [9.17, 15) is 18.0 Å². The van der Waals surface area contributed by atoms with Gasteiger partial charge in [-0.3, -0.25) is 14.5 Å². The first-order valence-electron chi connectivity index (χ1n) is 9.35. The molecule has 0 aliphatic carbocycles. The third-order valence-corrected chi connectivity index (χ3v) is 7.49. The van der Waals surface area contributed by atoms with Crippen molar-refractivity contribution in [1.29, 1.82) is 0 Å². The maximum atomic E-state index is 13.3. The zero-order chi connectivity index (χ0) is 21.1. The lowest BCUT2D eigenvalue weighted by Gasteiger charge is -2.34. The summed E-state index contributed by atoms with van der Waals surface area (Å²) in [6.45, 7) is 9.23. The highest BCUT2D eigenvalue weighted by Crippen LogP contribution is 2.29. The number of hydrogen-bond acceptors (Lipinski definition) is 5. The molecule has 156 valence electrons. The summed E-state index contributed by atoms with van der Waals surface area (Å²) in [5, 5.41) is 4.99. The molecule has 1 saturated heterocycles. The van der Waals surface area contributed by atoms with Gasteiger partial charge >= 0.3 is 0 Å². The number of nitrogens with one attached hydrogen (secondary N) is 2. The van der Waals surface area contributed by atoms with Crippen molar-refractivity contribution in [1.82, 2.24) is 19.8 Å². The lowest BCUT2D eigenvalue weighted by molar-refractivity contribution is -0.126. The van der Waals surface area contributed by atoms with Crippen LogP contribution in [0.25, 0.3) is 0 Å². The quantitative estimate of drug-likeness (QED) is 0.693. The van der Waals surface area contributed by atoms with Gasteiger partial charge in [0.15, 0.2) is 0 Å². The van der Waals surface area contributed by atoms with E-state index < -0.39 is 10.0 Å². The summed E-state index contributed by atoms with van der Waals surface area (Å²) in [7, 11) is -2.08. The first-order valence-corrected chi connectivity index (χ1v) is 10.8. The molecule has 0 spiro atoms. The van der Waals surface area contributed by atoms with Gasteiger partial charge in [0, 0.05) is 33.2 Å². The van der Waals surface area contributed by atoms with Crippen LogP contribution in [0.5, 0.6) is 0 Å². The normalized spacial score (nSPS) is 16.0. The number of likely N-dealkylation sites (N-methyl/N-ethyl adjacent to an activating group) is 1. The number of benzene rings is 1. The molecule has 8 nitrogen and oxygen atoms in total. The lowest BCUT2D eigenvalue weighted by Crippen LogP contribution is -2.51. The van der Waals surface area contributed by atoms with Crippen molar-refractivity contribution in [3.8, 4) is 0 Å². The fraction of sp³-hybridized carbons (Fsp3) is 0.579. The van der Waals surface area contributed by atoms with E-state index in [0.29, 0.717) is 31.1 Å². The van der Waals surface area contributed by atoms with Crippen LogP contribution in [-0.4, -0.2) is 75.8 Å². The Hall–Kier alpha value is -1.97. The molecule has 1 aliphatic heterocycles. The molecular weight excluding hydrogens is 380 g/mol. The SMILES string of the molecule is CNC(=O)CNC(=O)CN1CCN(S(=O)(=O)c2c(C)c(C)cc(C)c2C)CC1. The second kappa shape index (κ2) is 9.02. The van der Waals surface area contributed by atoms with Crippen LogP contribution in [0.15, 0.2) is 11.0 Å². The Kier molecular flexibility index (Phi) is 7.19. The van der Waals surface area contributed by atoms with E-state index in [-0.39, 0.29) is 24.9 Å². The number of carbonyl (C=O) groups excluding carboxylic acids is 2. The number of carbonyl (C=O) groups is 2. The van der Waals surface area contributed by atoms with Crippen LogP contribution in [0.4, 0.5) is 0 Å². The van der Waals surface area contributed by atoms with Crippen LogP contribution in [0.1, 0.15) is 22.3 Å². The Labute approximate surface area is 167 Å². The first-order chi connectivity index (χ1) is 13.1. The number of hydrogen-bond donors (Lipinski definition) is 2. The minimum Gasteiger partial charge on any atom is -0.358 e. The van der Waals surface area contributed by atoms with E-state index in [1.807, 2.05) is 38.7 Å². The van der Waals surface area contributed by atoms with Crippen molar-refractivity contribution >= 4 is 21.8 Å². The summed E-state index contributed by atoms with van der Waals surface area (Å²) in [5.74, 6) is -0.510. The zero-order valence-electron chi connectivity index (χ0n) is 17.3. The topological polar surface area (TPSA) is 98.8 Å². The Morgan fingerprint density at radius 2 is 1.50 bits per heavy atom. The molecule has 2 amide bonds. The maximum absolute atomic E-state index is 13.3. The predicted molar refractivity (Wildman–Crippen MR) is 108 cm³/mol. The molecule has 1 heterocycles. The van der Waals surface area contributed by atoms with Gasteiger partial charge in [-0.25, -0.2) is 8.42 Å². The number of aryl methyl sites for hydroxylation is 2. The molecule has 2 rings (SSSR count). The zero-order valence-corrected chi connectivity index (χ0v) is 18.1. The predicted octanol–water partition coefficient (Wildman–Crippen LogP) is 0.0888. The van der Waals surface area contributed by atoms with Gasteiger partial charge in [-0.05, 0) is 49.9 Å². The van der Waals surface area contributed by atoms with Crippen LogP contribution in [-0.2, 0) is 19.6 Å². The maximum Gasteiger partial charge on any atom is 0.243 e. The number of nitrogens with zero attached hydrogens (tertiary/aromatic N) is 2. The minimum absolute atomic E-state index is 0.0606. The average molecular weight is 411 g/mol. The standard InChI is InChI=1S/C19H30N4O4S/c1-13-10-14(2)16(4)19(15(13)3)28(26,27)23-8-6-22(7-9-23)12-18(25)21-11-17(24)20-5/h10H,6-9,11-12H2,1-5H3,(H,20,24)(H,21,25). The summed E-state index contributed by atoms with van der Waals surface area (Å²) < 4.78 is 28.0. The van der Waals surface area contributed by atoms with Gasteiger partial charge in [0.05, 0.1) is 18.0 Å². The van der Waals surface area contributed by atoms with Gasteiger partial charge in [0.2, 0.25) is 21.8 Å². The first kappa shape index (κ1) is 22.3. The monoisotopic (exact) mass is 410 g/mol. The van der Waals surface area contributed by atoms with Crippen molar-refractivity contribution < 1.29 is 18.0 Å². The lowest BCUT2D eigenvalue weighted by atomic mass is 10.0. The van der Waals surface area contributed by atoms with Gasteiger partial charge in [0.1, 0.15) is 0 Å². The summed E-state index contributed by atoms with van der Waals surface area (Å²) in [4.78, 5) is 25.4. The number of rotatable bonds is 6. The molecule has 1 aromatic carbocycles. The van der Waals surface area contributed by atoms with Gasteiger partial charge in [-0.1, -0.05) is 6.07 Å². The fourth-order valence-corrected chi connectivity index (χ4v) is 5.35.